The van der Waals surface area contributed by atoms with E-state index in [1.54, 1.807) is 0 Å². The third kappa shape index (κ3) is 6.08. The highest BCUT2D eigenvalue weighted by Gasteiger charge is 2.47. The largest absolute Gasteiger partial charge is 0.379 e. The second-order valence-corrected chi connectivity index (χ2v) is 10.0. The summed E-state index contributed by atoms with van der Waals surface area (Å²) in [6, 6.07) is 0. The molecule has 0 N–H and O–H groups in total. The third-order valence-corrected chi connectivity index (χ3v) is 8.15. The number of Topliss-reactive ketones (excluding diaryl/α,β-unsaturated/α-hetero) is 1. The Hall–Kier alpha value is -0.530. The molecule has 0 aromatic carbocycles. The molecule has 0 spiro atoms. The molecule has 31 heavy (non-hydrogen) atoms. The van der Waals surface area contributed by atoms with Crippen LogP contribution in [0.4, 0.5) is 0 Å². The summed E-state index contributed by atoms with van der Waals surface area (Å²) in [7, 11) is 0. The molecule has 180 valence electrons. The summed E-state index contributed by atoms with van der Waals surface area (Å²) in [6.45, 7) is 18.7. The summed E-state index contributed by atoms with van der Waals surface area (Å²) in [5.74, 6) is 0.433. The Balaban J connectivity index is 0.000000190. The van der Waals surface area contributed by atoms with Crippen LogP contribution in [-0.4, -0.2) is 103 Å². The first-order valence-corrected chi connectivity index (χ1v) is 13.0. The van der Waals surface area contributed by atoms with E-state index >= 15 is 0 Å². The van der Waals surface area contributed by atoms with E-state index in [9.17, 15) is 4.79 Å². The summed E-state index contributed by atoms with van der Waals surface area (Å²) in [6.07, 6.45) is 9.08. The molecule has 5 rings (SSSR count). The first-order chi connectivity index (χ1) is 15.0. The molecule has 6 nitrogen and oxygen atoms in total. The first kappa shape index (κ1) is 25.1. The predicted molar refractivity (Wildman–Crippen MR) is 126 cm³/mol. The van der Waals surface area contributed by atoms with Crippen LogP contribution >= 0.6 is 0 Å². The molecule has 0 radical (unpaired) electrons. The number of morpholine rings is 1. The number of ketones is 1. The molecule has 5 fully saturated rings. The van der Waals surface area contributed by atoms with Crippen LogP contribution in [0.1, 0.15) is 72.6 Å². The number of hydrogen-bond donors (Lipinski definition) is 0. The van der Waals surface area contributed by atoms with Gasteiger partial charge < -0.3 is 9.47 Å². The second kappa shape index (κ2) is 11.6. The van der Waals surface area contributed by atoms with Gasteiger partial charge in [-0.3, -0.25) is 19.5 Å². The lowest BCUT2D eigenvalue weighted by molar-refractivity contribution is -0.117. The van der Waals surface area contributed by atoms with Crippen LogP contribution in [0.3, 0.4) is 0 Å². The molecule has 5 aliphatic heterocycles. The molecule has 0 aliphatic carbocycles. The van der Waals surface area contributed by atoms with E-state index in [2.05, 4.69) is 28.5 Å². The van der Waals surface area contributed by atoms with Gasteiger partial charge in [-0.05, 0) is 58.5 Å². The maximum Gasteiger partial charge on any atom is 0.148 e. The number of carbonyl (C=O) groups excluding carboxylic acids is 1. The summed E-state index contributed by atoms with van der Waals surface area (Å²) in [4.78, 5) is 18.5. The van der Waals surface area contributed by atoms with Crippen molar-refractivity contribution in [2.24, 2.45) is 0 Å². The van der Waals surface area contributed by atoms with Gasteiger partial charge in [0.05, 0.1) is 32.5 Å². The third-order valence-electron chi connectivity index (χ3n) is 8.15. The maximum absolute atomic E-state index is 11.0. The van der Waals surface area contributed by atoms with E-state index in [0.717, 1.165) is 65.5 Å². The molecular weight excluding hydrogens is 390 g/mol. The number of fused-ring (bicyclic) bond motifs is 2. The van der Waals surface area contributed by atoms with E-state index in [4.69, 9.17) is 9.47 Å². The monoisotopic (exact) mass is 437 g/mol. The zero-order chi connectivity index (χ0) is 22.3. The van der Waals surface area contributed by atoms with Crippen LogP contribution in [0.15, 0.2) is 0 Å². The van der Waals surface area contributed by atoms with Crippen LogP contribution in [-0.2, 0) is 14.3 Å². The Kier molecular flexibility index (Phi) is 9.35. The van der Waals surface area contributed by atoms with Crippen molar-refractivity contribution in [3.8, 4) is 0 Å². The summed E-state index contributed by atoms with van der Waals surface area (Å²) < 4.78 is 11.5. The second-order valence-electron chi connectivity index (χ2n) is 10.0. The van der Waals surface area contributed by atoms with Crippen LogP contribution in [0.25, 0.3) is 0 Å². The van der Waals surface area contributed by atoms with Gasteiger partial charge in [0.25, 0.3) is 0 Å². The number of hydrogen-bond acceptors (Lipinski definition) is 6. The average molecular weight is 438 g/mol. The topological polar surface area (TPSA) is 45.2 Å². The van der Waals surface area contributed by atoms with Crippen LogP contribution in [0.2, 0.25) is 0 Å². The number of carbonyl (C=O) groups is 1. The molecule has 3 atom stereocenters. The smallest absolute Gasteiger partial charge is 0.148 e. The first-order valence-electron chi connectivity index (χ1n) is 13.0. The molecule has 3 unspecified atom stereocenters. The molecule has 0 aromatic rings. The SMILES string of the molecule is CC.CC12CCCN1CC(=O)C2.CCC12CCCN1CC(OCCN1CCOCC1)C2. The normalized spacial score (nSPS) is 35.9. The quantitative estimate of drug-likeness (QED) is 0.658. The fourth-order valence-corrected chi connectivity index (χ4v) is 6.32. The fourth-order valence-electron chi connectivity index (χ4n) is 6.32. The highest BCUT2D eigenvalue weighted by atomic mass is 16.5. The zero-order valence-corrected chi connectivity index (χ0v) is 20.7. The van der Waals surface area contributed by atoms with Crippen molar-refractivity contribution in [1.29, 1.82) is 0 Å². The lowest BCUT2D eigenvalue weighted by Gasteiger charge is -2.30. The van der Waals surface area contributed by atoms with Gasteiger partial charge in [0.1, 0.15) is 5.78 Å². The average Bonchev–Trinajstić information content (AvgIpc) is 3.48. The van der Waals surface area contributed by atoms with Crippen molar-refractivity contribution in [3.05, 3.63) is 0 Å². The van der Waals surface area contributed by atoms with Gasteiger partial charge in [-0.25, -0.2) is 0 Å². The molecule has 0 bridgehead atoms. The van der Waals surface area contributed by atoms with E-state index in [0.29, 0.717) is 17.4 Å². The number of ether oxygens (including phenoxy) is 2. The summed E-state index contributed by atoms with van der Waals surface area (Å²) in [5.41, 5.74) is 0.751. The zero-order valence-electron chi connectivity index (χ0n) is 20.7. The van der Waals surface area contributed by atoms with Crippen molar-refractivity contribution in [2.45, 2.75) is 89.8 Å². The van der Waals surface area contributed by atoms with Gasteiger partial charge in [-0.15, -0.1) is 0 Å². The molecule has 5 heterocycles. The fraction of sp³-hybridized carbons (Fsp3) is 0.960. The van der Waals surface area contributed by atoms with Crippen molar-refractivity contribution in [1.82, 2.24) is 14.7 Å². The predicted octanol–water partition coefficient (Wildman–Crippen LogP) is 3.19. The maximum atomic E-state index is 11.0. The molecule has 0 amide bonds. The van der Waals surface area contributed by atoms with Crippen LogP contribution in [0, 0.1) is 0 Å². The van der Waals surface area contributed by atoms with E-state index in [-0.39, 0.29) is 5.54 Å². The number of nitrogens with zero attached hydrogens (tertiary/aromatic N) is 3. The van der Waals surface area contributed by atoms with Crippen LogP contribution < -0.4 is 0 Å². The van der Waals surface area contributed by atoms with Crippen molar-refractivity contribution in [2.75, 3.05) is 65.6 Å². The lowest BCUT2D eigenvalue weighted by Crippen LogP contribution is -2.38. The molecule has 0 saturated carbocycles. The summed E-state index contributed by atoms with van der Waals surface area (Å²) in [5, 5.41) is 0. The Morgan fingerprint density at radius 1 is 1.06 bits per heavy atom. The van der Waals surface area contributed by atoms with Gasteiger partial charge in [-0.2, -0.15) is 0 Å². The minimum Gasteiger partial charge on any atom is -0.379 e. The van der Waals surface area contributed by atoms with Crippen molar-refractivity contribution in [3.63, 3.8) is 0 Å². The van der Waals surface area contributed by atoms with Gasteiger partial charge >= 0.3 is 0 Å². The van der Waals surface area contributed by atoms with Gasteiger partial charge in [0.2, 0.25) is 0 Å². The Bertz CT molecular complexity index is 568. The minimum absolute atomic E-state index is 0.261. The van der Waals surface area contributed by atoms with Crippen molar-refractivity contribution < 1.29 is 14.3 Å². The Labute approximate surface area is 190 Å². The van der Waals surface area contributed by atoms with Crippen LogP contribution in [0.5, 0.6) is 0 Å². The van der Waals surface area contributed by atoms with Crippen molar-refractivity contribution >= 4 is 5.78 Å². The lowest BCUT2D eigenvalue weighted by atomic mass is 9.90. The Morgan fingerprint density at radius 3 is 2.45 bits per heavy atom. The van der Waals surface area contributed by atoms with Gasteiger partial charge in [0, 0.05) is 43.7 Å². The molecular formula is C25H47N3O3. The molecule has 6 heteroatoms. The van der Waals surface area contributed by atoms with E-state index < -0.39 is 0 Å². The highest BCUT2D eigenvalue weighted by Crippen LogP contribution is 2.42. The van der Waals surface area contributed by atoms with Gasteiger partial charge in [0.15, 0.2) is 0 Å². The van der Waals surface area contributed by atoms with Gasteiger partial charge in [-0.1, -0.05) is 20.8 Å². The minimum atomic E-state index is 0.261. The van der Waals surface area contributed by atoms with E-state index in [1.807, 2.05) is 13.8 Å². The molecule has 0 aromatic heterocycles. The molecule has 5 aliphatic rings. The summed E-state index contributed by atoms with van der Waals surface area (Å²) >= 11 is 0. The standard InChI is InChI=1S/C15H28N2O2.C8H13NO.C2H6/c1-2-15-4-3-5-17(15)13-14(12-15)19-11-8-16-6-9-18-10-7-16;1-8-3-2-4-9(8)6-7(10)5-8;1-2/h14H,2-13H2,1H3;2-6H2,1H3;1-2H3. The Morgan fingerprint density at radius 2 is 1.77 bits per heavy atom. The molecule has 5 saturated heterocycles. The number of rotatable bonds is 5. The van der Waals surface area contributed by atoms with E-state index in [1.165, 1.54) is 45.1 Å². The highest BCUT2D eigenvalue weighted by molar-refractivity contribution is 5.84.